The molecule has 2 aliphatic rings. The summed E-state index contributed by atoms with van der Waals surface area (Å²) in [6.07, 6.45) is 2.47. The first kappa shape index (κ1) is 18.9. The van der Waals surface area contributed by atoms with Gasteiger partial charge in [0.05, 0.1) is 11.1 Å². The SMILES string of the molecule is Cc1ccccc1C1=NO[C@H](CC2(C(=O)O)CCN(CC(C)C)CC2)C1. The largest absolute Gasteiger partial charge is 0.481 e. The molecule has 0 saturated carbocycles. The lowest BCUT2D eigenvalue weighted by Crippen LogP contribution is -2.46. The molecular formula is C21H30N2O3. The van der Waals surface area contributed by atoms with Crippen molar-refractivity contribution in [1.82, 2.24) is 4.90 Å². The zero-order chi connectivity index (χ0) is 18.7. The maximum Gasteiger partial charge on any atom is 0.309 e. The minimum Gasteiger partial charge on any atom is -0.481 e. The van der Waals surface area contributed by atoms with Gasteiger partial charge in [0.15, 0.2) is 0 Å². The number of likely N-dealkylation sites (tertiary alicyclic amines) is 1. The quantitative estimate of drug-likeness (QED) is 0.842. The van der Waals surface area contributed by atoms with Gasteiger partial charge in [0.1, 0.15) is 6.10 Å². The molecule has 1 saturated heterocycles. The Morgan fingerprint density at radius 2 is 2.04 bits per heavy atom. The molecule has 1 aromatic rings. The summed E-state index contributed by atoms with van der Waals surface area (Å²) in [5, 5.41) is 14.2. The summed E-state index contributed by atoms with van der Waals surface area (Å²) in [7, 11) is 0. The minimum absolute atomic E-state index is 0.141. The van der Waals surface area contributed by atoms with E-state index in [2.05, 4.69) is 43.0 Å². The van der Waals surface area contributed by atoms with E-state index >= 15 is 0 Å². The third kappa shape index (κ3) is 4.09. The molecule has 0 spiro atoms. The first-order valence-electron chi connectivity index (χ1n) is 9.64. The number of hydrogen-bond donors (Lipinski definition) is 1. The van der Waals surface area contributed by atoms with Crippen molar-refractivity contribution in [2.75, 3.05) is 19.6 Å². The van der Waals surface area contributed by atoms with Crippen molar-refractivity contribution in [1.29, 1.82) is 0 Å². The summed E-state index contributed by atoms with van der Waals surface area (Å²) in [4.78, 5) is 20.1. The molecule has 1 N–H and O–H groups in total. The van der Waals surface area contributed by atoms with E-state index in [0.29, 0.717) is 31.6 Å². The van der Waals surface area contributed by atoms with E-state index in [0.717, 1.165) is 30.9 Å². The van der Waals surface area contributed by atoms with E-state index in [1.54, 1.807) is 0 Å². The first-order valence-corrected chi connectivity index (χ1v) is 9.64. The van der Waals surface area contributed by atoms with Crippen molar-refractivity contribution in [3.05, 3.63) is 35.4 Å². The van der Waals surface area contributed by atoms with E-state index in [9.17, 15) is 9.90 Å². The van der Waals surface area contributed by atoms with Crippen LogP contribution in [-0.2, 0) is 9.63 Å². The van der Waals surface area contributed by atoms with Crippen molar-refractivity contribution < 1.29 is 14.7 Å². The molecular weight excluding hydrogens is 328 g/mol. The van der Waals surface area contributed by atoms with E-state index < -0.39 is 11.4 Å². The van der Waals surface area contributed by atoms with Crippen LogP contribution in [0.1, 0.15) is 50.7 Å². The number of aliphatic carboxylic acids is 1. The normalized spacial score (nSPS) is 22.9. The molecule has 2 heterocycles. The molecule has 5 heteroatoms. The molecule has 2 aliphatic heterocycles. The van der Waals surface area contributed by atoms with E-state index in [4.69, 9.17) is 4.84 Å². The molecule has 1 atom stereocenters. The minimum atomic E-state index is -0.686. The number of carboxylic acid groups (broad SMARTS) is 1. The smallest absolute Gasteiger partial charge is 0.309 e. The average Bonchev–Trinajstić information content (AvgIpc) is 3.04. The van der Waals surface area contributed by atoms with Gasteiger partial charge >= 0.3 is 5.97 Å². The van der Waals surface area contributed by atoms with Crippen molar-refractivity contribution in [3.63, 3.8) is 0 Å². The Kier molecular flexibility index (Phi) is 5.66. The molecule has 0 aromatic heterocycles. The summed E-state index contributed by atoms with van der Waals surface area (Å²) in [5.41, 5.74) is 2.52. The number of aryl methyl sites for hydroxylation is 1. The van der Waals surface area contributed by atoms with Crippen LogP contribution in [0.4, 0.5) is 0 Å². The van der Waals surface area contributed by atoms with Crippen LogP contribution in [0.15, 0.2) is 29.4 Å². The van der Waals surface area contributed by atoms with Gasteiger partial charge in [-0.15, -0.1) is 0 Å². The summed E-state index contributed by atoms with van der Waals surface area (Å²) in [5.74, 6) is -0.0785. The predicted molar refractivity (Wildman–Crippen MR) is 102 cm³/mol. The van der Waals surface area contributed by atoms with Crippen LogP contribution in [0.3, 0.4) is 0 Å². The molecule has 1 aromatic carbocycles. The highest BCUT2D eigenvalue weighted by Gasteiger charge is 2.44. The zero-order valence-electron chi connectivity index (χ0n) is 16.1. The van der Waals surface area contributed by atoms with Gasteiger partial charge in [-0.1, -0.05) is 43.3 Å². The first-order chi connectivity index (χ1) is 12.4. The fraction of sp³-hybridized carbons (Fsp3) is 0.619. The number of carboxylic acids is 1. The molecule has 0 radical (unpaired) electrons. The van der Waals surface area contributed by atoms with E-state index in [1.807, 2.05) is 12.1 Å². The number of benzene rings is 1. The number of carbonyl (C=O) groups is 1. The number of hydrogen-bond acceptors (Lipinski definition) is 4. The average molecular weight is 358 g/mol. The Labute approximate surface area is 156 Å². The summed E-state index contributed by atoms with van der Waals surface area (Å²) in [6.45, 7) is 9.21. The Hall–Kier alpha value is -1.88. The molecule has 0 aliphatic carbocycles. The van der Waals surface area contributed by atoms with Crippen molar-refractivity contribution in [2.24, 2.45) is 16.5 Å². The lowest BCUT2D eigenvalue weighted by molar-refractivity contribution is -0.155. The number of rotatable bonds is 6. The van der Waals surface area contributed by atoms with Crippen molar-refractivity contribution >= 4 is 11.7 Å². The highest BCUT2D eigenvalue weighted by Crippen LogP contribution is 2.39. The highest BCUT2D eigenvalue weighted by atomic mass is 16.6. The second-order valence-electron chi connectivity index (χ2n) is 8.27. The van der Waals surface area contributed by atoms with Gasteiger partial charge in [0, 0.05) is 24.9 Å². The molecule has 26 heavy (non-hydrogen) atoms. The maximum atomic E-state index is 12.1. The van der Waals surface area contributed by atoms with E-state index in [1.165, 1.54) is 5.56 Å². The van der Waals surface area contributed by atoms with Crippen LogP contribution in [0.25, 0.3) is 0 Å². The monoisotopic (exact) mass is 358 g/mol. The third-order valence-corrected chi connectivity index (χ3v) is 5.70. The Balaban J connectivity index is 1.62. The molecule has 0 amide bonds. The van der Waals surface area contributed by atoms with Gasteiger partial charge in [0.2, 0.25) is 0 Å². The van der Waals surface area contributed by atoms with E-state index in [-0.39, 0.29) is 6.10 Å². The fourth-order valence-corrected chi connectivity index (χ4v) is 4.21. The molecule has 3 rings (SSSR count). The summed E-state index contributed by atoms with van der Waals surface area (Å²) < 4.78 is 0. The maximum absolute atomic E-state index is 12.1. The zero-order valence-corrected chi connectivity index (χ0v) is 16.1. The fourth-order valence-electron chi connectivity index (χ4n) is 4.21. The Morgan fingerprint density at radius 1 is 1.35 bits per heavy atom. The predicted octanol–water partition coefficient (Wildman–Crippen LogP) is 3.70. The van der Waals surface area contributed by atoms with Crippen molar-refractivity contribution in [2.45, 2.75) is 52.6 Å². The second-order valence-corrected chi connectivity index (χ2v) is 8.27. The molecule has 0 unspecified atom stereocenters. The van der Waals surface area contributed by atoms with Gasteiger partial charge in [-0.3, -0.25) is 4.79 Å². The summed E-state index contributed by atoms with van der Waals surface area (Å²) >= 11 is 0. The number of piperidine rings is 1. The Morgan fingerprint density at radius 3 is 2.65 bits per heavy atom. The van der Waals surface area contributed by atoms with Crippen LogP contribution >= 0.6 is 0 Å². The van der Waals surface area contributed by atoms with Crippen LogP contribution in [0.2, 0.25) is 0 Å². The van der Waals surface area contributed by atoms with Gasteiger partial charge in [0.25, 0.3) is 0 Å². The molecule has 0 bridgehead atoms. The molecule has 142 valence electrons. The Bertz CT molecular complexity index is 676. The van der Waals surface area contributed by atoms with Gasteiger partial charge in [-0.2, -0.15) is 0 Å². The van der Waals surface area contributed by atoms with Gasteiger partial charge < -0.3 is 14.8 Å². The second kappa shape index (κ2) is 7.78. The topological polar surface area (TPSA) is 62.1 Å². The third-order valence-electron chi connectivity index (χ3n) is 5.70. The van der Waals surface area contributed by atoms with Gasteiger partial charge in [-0.25, -0.2) is 0 Å². The van der Waals surface area contributed by atoms with Crippen LogP contribution in [0.5, 0.6) is 0 Å². The van der Waals surface area contributed by atoms with Gasteiger partial charge in [-0.05, 0) is 44.3 Å². The molecule has 5 nitrogen and oxygen atoms in total. The standard InChI is InChI=1S/C21H30N2O3/c1-15(2)14-23-10-8-21(9-11-23,20(24)25)13-17-12-19(22-26-17)18-7-5-4-6-16(18)3/h4-7,15,17H,8-14H2,1-3H3,(H,24,25)/t17-/m0/s1. The summed E-state index contributed by atoms with van der Waals surface area (Å²) in [6, 6.07) is 8.13. The number of nitrogens with zero attached hydrogens (tertiary/aromatic N) is 2. The van der Waals surface area contributed by atoms with Crippen molar-refractivity contribution in [3.8, 4) is 0 Å². The lowest BCUT2D eigenvalue weighted by atomic mass is 9.73. The lowest BCUT2D eigenvalue weighted by Gasteiger charge is -2.40. The van der Waals surface area contributed by atoms with Crippen LogP contribution in [0, 0.1) is 18.3 Å². The molecule has 1 fully saturated rings. The van der Waals surface area contributed by atoms with Crippen LogP contribution < -0.4 is 0 Å². The van der Waals surface area contributed by atoms with Crippen LogP contribution in [-0.4, -0.2) is 47.4 Å². The highest BCUT2D eigenvalue weighted by molar-refractivity contribution is 6.02. The number of oxime groups is 1.